The van der Waals surface area contributed by atoms with E-state index >= 15 is 0 Å². The quantitative estimate of drug-likeness (QED) is 0.285. The van der Waals surface area contributed by atoms with Crippen molar-refractivity contribution in [3.05, 3.63) is 35.9 Å². The monoisotopic (exact) mass is 567 g/mol. The summed E-state index contributed by atoms with van der Waals surface area (Å²) in [7, 11) is -1.49. The second-order valence-corrected chi connectivity index (χ2v) is 10.7. The molecule has 0 amide bonds. The summed E-state index contributed by atoms with van der Waals surface area (Å²) in [5, 5.41) is 6.57. The molecule has 1 atom stereocenters. The minimum absolute atomic E-state index is 0. The second kappa shape index (κ2) is 13.1. The van der Waals surface area contributed by atoms with Gasteiger partial charge in [0.15, 0.2) is 5.96 Å². The highest BCUT2D eigenvalue weighted by molar-refractivity contribution is 14.0. The molecule has 2 aliphatic heterocycles. The molecule has 0 saturated carbocycles. The zero-order valence-electron chi connectivity index (χ0n) is 17.6. The Morgan fingerprint density at radius 1 is 1.10 bits per heavy atom. The lowest BCUT2D eigenvalue weighted by Crippen LogP contribution is -2.46. The second-order valence-electron chi connectivity index (χ2n) is 7.38. The molecule has 10 heteroatoms. The molecule has 0 aliphatic carbocycles. The number of guanidine groups is 1. The van der Waals surface area contributed by atoms with E-state index in [0.29, 0.717) is 25.6 Å². The van der Waals surface area contributed by atoms with Gasteiger partial charge in [0.25, 0.3) is 0 Å². The molecule has 1 aromatic rings. The van der Waals surface area contributed by atoms with Crippen molar-refractivity contribution in [2.45, 2.75) is 18.9 Å². The van der Waals surface area contributed by atoms with Crippen LogP contribution >= 0.6 is 35.7 Å². The summed E-state index contributed by atoms with van der Waals surface area (Å²) in [6.07, 6.45) is 2.48. The molecule has 2 aliphatic rings. The van der Waals surface area contributed by atoms with Crippen molar-refractivity contribution in [2.75, 3.05) is 63.6 Å². The van der Waals surface area contributed by atoms with Gasteiger partial charge in [0.1, 0.15) is 0 Å². The van der Waals surface area contributed by atoms with E-state index in [9.17, 15) is 8.42 Å². The van der Waals surface area contributed by atoms with E-state index in [2.05, 4.69) is 44.8 Å². The highest BCUT2D eigenvalue weighted by Crippen LogP contribution is 2.24. The van der Waals surface area contributed by atoms with Crippen LogP contribution in [0.25, 0.3) is 0 Å². The number of benzene rings is 1. The predicted octanol–water partition coefficient (Wildman–Crippen LogP) is 1.99. The number of sulfonamides is 1. The Morgan fingerprint density at radius 3 is 2.40 bits per heavy atom. The van der Waals surface area contributed by atoms with Crippen LogP contribution in [0.15, 0.2) is 35.3 Å². The number of hydrogen-bond acceptors (Lipinski definition) is 5. The Bertz CT molecular complexity index is 752. The fraction of sp³-hybridized carbons (Fsp3) is 0.650. The van der Waals surface area contributed by atoms with Gasteiger partial charge in [-0.25, -0.2) is 12.7 Å². The molecule has 1 aromatic carbocycles. The molecule has 1 unspecified atom stereocenters. The number of halogens is 1. The SMILES string of the molecule is CN=C(NCCS(=O)(=O)N1CCSCC1)NCC(c1ccccc1)N1CCCC1.I. The van der Waals surface area contributed by atoms with Gasteiger partial charge in [-0.3, -0.25) is 9.89 Å². The molecule has 0 bridgehead atoms. The lowest BCUT2D eigenvalue weighted by molar-refractivity contribution is 0.245. The third kappa shape index (κ3) is 7.54. The molecule has 30 heavy (non-hydrogen) atoms. The normalized spacial score (nSPS) is 19.8. The highest BCUT2D eigenvalue weighted by atomic mass is 127. The van der Waals surface area contributed by atoms with Crippen LogP contribution < -0.4 is 10.6 Å². The standard InChI is InChI=1S/C20H33N5O2S2.HI/c1-21-20(22-9-16-29(26,27)25-12-14-28-15-13-25)23-17-19(24-10-5-6-11-24)18-7-3-2-4-8-18;/h2-4,7-8,19H,5-6,9-17H2,1H3,(H2,21,22,23);1H. The molecule has 0 radical (unpaired) electrons. The van der Waals surface area contributed by atoms with Gasteiger partial charge in [0.05, 0.1) is 11.8 Å². The molecule has 0 aromatic heterocycles. The predicted molar refractivity (Wildman–Crippen MR) is 137 cm³/mol. The smallest absolute Gasteiger partial charge is 0.215 e. The third-order valence-corrected chi connectivity index (χ3v) is 8.28. The summed E-state index contributed by atoms with van der Waals surface area (Å²) in [4.78, 5) is 6.78. The topological polar surface area (TPSA) is 77.0 Å². The Morgan fingerprint density at radius 2 is 1.77 bits per heavy atom. The van der Waals surface area contributed by atoms with Crippen molar-refractivity contribution in [1.82, 2.24) is 19.8 Å². The van der Waals surface area contributed by atoms with Crippen LogP contribution in [0.1, 0.15) is 24.4 Å². The van der Waals surface area contributed by atoms with Gasteiger partial charge in [0, 0.05) is 44.7 Å². The first-order valence-electron chi connectivity index (χ1n) is 10.4. The third-order valence-electron chi connectivity index (χ3n) is 5.47. The molecule has 3 rings (SSSR count). The van der Waals surface area contributed by atoms with E-state index in [-0.39, 0.29) is 35.8 Å². The Hall–Kier alpha value is -0.560. The van der Waals surface area contributed by atoms with E-state index in [0.717, 1.165) is 31.1 Å². The van der Waals surface area contributed by atoms with Crippen molar-refractivity contribution in [1.29, 1.82) is 0 Å². The van der Waals surface area contributed by atoms with Crippen molar-refractivity contribution in [3.63, 3.8) is 0 Å². The lowest BCUT2D eigenvalue weighted by atomic mass is 10.1. The van der Waals surface area contributed by atoms with Gasteiger partial charge in [-0.1, -0.05) is 30.3 Å². The van der Waals surface area contributed by atoms with Crippen LogP contribution in [0.5, 0.6) is 0 Å². The van der Waals surface area contributed by atoms with Gasteiger partial charge < -0.3 is 10.6 Å². The first-order valence-corrected chi connectivity index (χ1v) is 13.2. The molecule has 7 nitrogen and oxygen atoms in total. The number of rotatable bonds is 8. The van der Waals surface area contributed by atoms with E-state index in [1.165, 1.54) is 18.4 Å². The van der Waals surface area contributed by atoms with Crippen LogP contribution in [-0.2, 0) is 10.0 Å². The van der Waals surface area contributed by atoms with Gasteiger partial charge in [-0.15, -0.1) is 24.0 Å². The molecule has 2 heterocycles. The maximum absolute atomic E-state index is 12.5. The maximum atomic E-state index is 12.5. The van der Waals surface area contributed by atoms with Crippen molar-refractivity contribution >= 4 is 51.7 Å². The molecule has 170 valence electrons. The fourth-order valence-electron chi connectivity index (χ4n) is 3.85. The first kappa shape index (κ1) is 25.7. The number of likely N-dealkylation sites (tertiary alicyclic amines) is 1. The molecular formula is C20H34IN5O2S2. The summed E-state index contributed by atoms with van der Waals surface area (Å²) < 4.78 is 26.6. The Labute approximate surface area is 202 Å². The fourth-order valence-corrected chi connectivity index (χ4v) is 6.34. The van der Waals surface area contributed by atoms with Gasteiger partial charge in [-0.05, 0) is 31.5 Å². The van der Waals surface area contributed by atoms with Gasteiger partial charge >= 0.3 is 0 Å². The van der Waals surface area contributed by atoms with Crippen LogP contribution in [0.3, 0.4) is 0 Å². The van der Waals surface area contributed by atoms with Crippen LogP contribution in [-0.4, -0.2) is 87.2 Å². The highest BCUT2D eigenvalue weighted by Gasteiger charge is 2.25. The number of hydrogen-bond donors (Lipinski definition) is 2. The van der Waals surface area contributed by atoms with Crippen LogP contribution in [0.2, 0.25) is 0 Å². The summed E-state index contributed by atoms with van der Waals surface area (Å²) in [6, 6.07) is 10.8. The number of nitrogens with one attached hydrogen (secondary N) is 2. The Balaban J connectivity index is 0.00000320. The van der Waals surface area contributed by atoms with E-state index in [4.69, 9.17) is 0 Å². The molecule has 2 saturated heterocycles. The minimum atomic E-state index is -3.21. The minimum Gasteiger partial charge on any atom is -0.355 e. The zero-order valence-corrected chi connectivity index (χ0v) is 21.6. The molecule has 0 spiro atoms. The zero-order chi connectivity index (χ0) is 20.5. The number of thioether (sulfide) groups is 1. The summed E-state index contributed by atoms with van der Waals surface area (Å²) in [5.41, 5.74) is 1.29. The van der Waals surface area contributed by atoms with Crippen molar-refractivity contribution in [3.8, 4) is 0 Å². The Kier molecular flexibility index (Phi) is 11.2. The average Bonchev–Trinajstić information content (AvgIpc) is 3.28. The number of aliphatic imine (C=N–C) groups is 1. The summed E-state index contributed by atoms with van der Waals surface area (Å²) >= 11 is 1.81. The van der Waals surface area contributed by atoms with Gasteiger partial charge in [-0.2, -0.15) is 11.8 Å². The van der Waals surface area contributed by atoms with E-state index < -0.39 is 10.0 Å². The lowest BCUT2D eigenvalue weighted by Gasteiger charge is -2.29. The first-order chi connectivity index (χ1) is 14.1. The van der Waals surface area contributed by atoms with Crippen molar-refractivity contribution < 1.29 is 8.42 Å². The van der Waals surface area contributed by atoms with Crippen LogP contribution in [0, 0.1) is 0 Å². The molecular weight excluding hydrogens is 533 g/mol. The molecule has 2 N–H and O–H groups in total. The van der Waals surface area contributed by atoms with Gasteiger partial charge in [0.2, 0.25) is 10.0 Å². The summed E-state index contributed by atoms with van der Waals surface area (Å²) in [6.45, 7) is 4.55. The van der Waals surface area contributed by atoms with E-state index in [1.54, 1.807) is 11.4 Å². The van der Waals surface area contributed by atoms with Crippen molar-refractivity contribution in [2.24, 2.45) is 4.99 Å². The number of nitrogens with zero attached hydrogens (tertiary/aromatic N) is 3. The van der Waals surface area contributed by atoms with Crippen LogP contribution in [0.4, 0.5) is 0 Å². The average molecular weight is 568 g/mol. The van der Waals surface area contributed by atoms with E-state index in [1.807, 2.05) is 17.8 Å². The molecule has 2 fully saturated rings. The maximum Gasteiger partial charge on any atom is 0.215 e. The largest absolute Gasteiger partial charge is 0.355 e. The summed E-state index contributed by atoms with van der Waals surface area (Å²) in [5.74, 6) is 2.50.